The molecule has 0 aliphatic heterocycles. The summed E-state index contributed by atoms with van der Waals surface area (Å²) in [4.78, 5) is 0. The second-order valence-corrected chi connectivity index (χ2v) is 4.76. The van der Waals surface area contributed by atoms with Crippen LogP contribution >= 0.6 is 0 Å². The van der Waals surface area contributed by atoms with Gasteiger partial charge in [-0.2, -0.15) is 0 Å². The highest BCUT2D eigenvalue weighted by Gasteiger charge is 2.28. The highest BCUT2D eigenvalue weighted by molar-refractivity contribution is 5.08. The van der Waals surface area contributed by atoms with Crippen LogP contribution in [0.25, 0.3) is 0 Å². The van der Waals surface area contributed by atoms with Crippen LogP contribution in [-0.4, -0.2) is 11.7 Å². The van der Waals surface area contributed by atoms with Gasteiger partial charge in [0, 0.05) is 0 Å². The molecule has 3 unspecified atom stereocenters. The Morgan fingerprint density at radius 2 is 2.00 bits per heavy atom. The molecule has 80 valence electrons. The van der Waals surface area contributed by atoms with Crippen LogP contribution in [0.15, 0.2) is 24.3 Å². The second-order valence-electron chi connectivity index (χ2n) is 4.76. The molecule has 0 aromatic heterocycles. The monoisotopic (exact) mass is 194 g/mol. The summed E-state index contributed by atoms with van der Waals surface area (Å²) in [7, 11) is 0. The van der Waals surface area contributed by atoms with E-state index < -0.39 is 0 Å². The Balaban J connectivity index is 2.62. The Morgan fingerprint density at radius 1 is 1.36 bits per heavy atom. The van der Waals surface area contributed by atoms with Crippen LogP contribution in [-0.2, 0) is 0 Å². The van der Waals surface area contributed by atoms with Gasteiger partial charge in [-0.1, -0.05) is 25.7 Å². The zero-order valence-corrected chi connectivity index (χ0v) is 9.42. The second kappa shape index (κ2) is 4.79. The van der Waals surface area contributed by atoms with Gasteiger partial charge in [0.2, 0.25) is 0 Å². The van der Waals surface area contributed by atoms with E-state index in [1.54, 1.807) is 0 Å². The highest BCUT2D eigenvalue weighted by atomic mass is 16.3. The summed E-state index contributed by atoms with van der Waals surface area (Å²) < 4.78 is 0. The van der Waals surface area contributed by atoms with Crippen molar-refractivity contribution in [3.05, 3.63) is 24.3 Å². The van der Waals surface area contributed by atoms with Gasteiger partial charge in [0.15, 0.2) is 0 Å². The van der Waals surface area contributed by atoms with Crippen molar-refractivity contribution >= 4 is 0 Å². The van der Waals surface area contributed by atoms with E-state index in [2.05, 4.69) is 27.0 Å². The van der Waals surface area contributed by atoms with Crippen molar-refractivity contribution in [3.8, 4) is 0 Å². The Hall–Kier alpha value is -0.560. The van der Waals surface area contributed by atoms with Crippen LogP contribution in [0, 0.1) is 17.8 Å². The van der Waals surface area contributed by atoms with Gasteiger partial charge in [0.05, 0.1) is 6.61 Å². The molecule has 0 amide bonds. The Morgan fingerprint density at radius 3 is 2.50 bits per heavy atom. The third kappa shape index (κ3) is 2.48. The van der Waals surface area contributed by atoms with Crippen molar-refractivity contribution in [2.24, 2.45) is 17.8 Å². The molecule has 1 N–H and O–H groups in total. The molecule has 0 spiro atoms. The maximum absolute atomic E-state index is 9.06. The first-order chi connectivity index (χ1) is 6.56. The number of hydrogen-bond donors (Lipinski definition) is 1. The zero-order valence-electron chi connectivity index (χ0n) is 9.42. The molecule has 0 aromatic carbocycles. The third-order valence-electron chi connectivity index (χ3n) is 3.61. The molecule has 0 saturated heterocycles. The van der Waals surface area contributed by atoms with Gasteiger partial charge < -0.3 is 5.11 Å². The number of hydrogen-bond acceptors (Lipinski definition) is 1. The van der Waals surface area contributed by atoms with Crippen molar-refractivity contribution in [1.29, 1.82) is 0 Å². The minimum Gasteiger partial charge on any atom is -0.392 e. The minimum absolute atomic E-state index is 0.141. The molecule has 0 aromatic rings. The summed E-state index contributed by atoms with van der Waals surface area (Å²) in [6.07, 6.45) is 3.56. The van der Waals surface area contributed by atoms with Crippen LogP contribution in [0.2, 0.25) is 0 Å². The van der Waals surface area contributed by atoms with E-state index in [1.807, 2.05) is 0 Å². The summed E-state index contributed by atoms with van der Waals surface area (Å²) in [5, 5.41) is 9.06. The molecule has 0 radical (unpaired) electrons. The molecular formula is C13H22O. The first-order valence-corrected chi connectivity index (χ1v) is 5.50. The standard InChI is InChI=1S/C13H22O/c1-9(2)13-7-12(11(4)8-14)6-5-10(13)3/h10,12-14H,1,4-8H2,2-3H3. The quantitative estimate of drug-likeness (QED) is 0.684. The number of aliphatic hydroxyl groups is 1. The number of rotatable bonds is 3. The molecular weight excluding hydrogens is 172 g/mol. The van der Waals surface area contributed by atoms with Crippen LogP contribution < -0.4 is 0 Å². The van der Waals surface area contributed by atoms with Gasteiger partial charge in [-0.15, -0.1) is 0 Å². The van der Waals surface area contributed by atoms with Gasteiger partial charge in [-0.3, -0.25) is 0 Å². The molecule has 14 heavy (non-hydrogen) atoms. The van der Waals surface area contributed by atoms with Crippen molar-refractivity contribution < 1.29 is 5.11 Å². The zero-order chi connectivity index (χ0) is 10.7. The summed E-state index contributed by atoms with van der Waals surface area (Å²) in [6, 6.07) is 0. The fourth-order valence-electron chi connectivity index (χ4n) is 2.51. The first kappa shape index (κ1) is 11.5. The molecule has 1 fully saturated rings. The lowest BCUT2D eigenvalue weighted by Crippen LogP contribution is -2.25. The smallest absolute Gasteiger partial charge is 0.0641 e. The lowest BCUT2D eigenvalue weighted by molar-refractivity contribution is 0.224. The molecule has 1 aliphatic rings. The Labute approximate surface area is 87.5 Å². The van der Waals surface area contributed by atoms with Gasteiger partial charge in [0.25, 0.3) is 0 Å². The number of allylic oxidation sites excluding steroid dienone is 1. The van der Waals surface area contributed by atoms with Crippen LogP contribution in [0.5, 0.6) is 0 Å². The minimum atomic E-state index is 0.141. The average Bonchev–Trinajstić information content (AvgIpc) is 2.17. The molecule has 1 aliphatic carbocycles. The fraction of sp³-hybridized carbons (Fsp3) is 0.692. The van der Waals surface area contributed by atoms with E-state index in [4.69, 9.17) is 5.11 Å². The normalized spacial score (nSPS) is 32.6. The van der Waals surface area contributed by atoms with E-state index in [1.165, 1.54) is 18.4 Å². The highest BCUT2D eigenvalue weighted by Crippen LogP contribution is 2.39. The predicted octanol–water partition coefficient (Wildman–Crippen LogP) is 3.16. The summed E-state index contributed by atoms with van der Waals surface area (Å²) in [6.45, 7) is 12.6. The van der Waals surface area contributed by atoms with E-state index >= 15 is 0 Å². The summed E-state index contributed by atoms with van der Waals surface area (Å²) >= 11 is 0. The largest absolute Gasteiger partial charge is 0.392 e. The van der Waals surface area contributed by atoms with Crippen molar-refractivity contribution in [2.45, 2.75) is 33.1 Å². The molecule has 0 heterocycles. The Bertz CT molecular complexity index is 229. The first-order valence-electron chi connectivity index (χ1n) is 5.50. The van der Waals surface area contributed by atoms with E-state index in [0.29, 0.717) is 11.8 Å². The van der Waals surface area contributed by atoms with Gasteiger partial charge >= 0.3 is 0 Å². The SMILES string of the molecule is C=C(CO)C1CCC(C)C(C(=C)C)C1. The van der Waals surface area contributed by atoms with Crippen LogP contribution in [0.4, 0.5) is 0 Å². The van der Waals surface area contributed by atoms with E-state index in [-0.39, 0.29) is 6.61 Å². The summed E-state index contributed by atoms with van der Waals surface area (Å²) in [5.74, 6) is 1.88. The van der Waals surface area contributed by atoms with Gasteiger partial charge in [0.1, 0.15) is 0 Å². The van der Waals surface area contributed by atoms with Gasteiger partial charge in [-0.05, 0) is 49.5 Å². The van der Waals surface area contributed by atoms with E-state index in [9.17, 15) is 0 Å². The fourth-order valence-corrected chi connectivity index (χ4v) is 2.51. The lowest BCUT2D eigenvalue weighted by atomic mass is 9.70. The molecule has 1 saturated carbocycles. The average molecular weight is 194 g/mol. The Kier molecular flexibility index (Phi) is 3.94. The lowest BCUT2D eigenvalue weighted by Gasteiger charge is -2.35. The molecule has 3 atom stereocenters. The van der Waals surface area contributed by atoms with Crippen molar-refractivity contribution in [2.75, 3.05) is 6.61 Å². The molecule has 1 heteroatoms. The summed E-state index contributed by atoms with van der Waals surface area (Å²) in [5.41, 5.74) is 2.29. The molecule has 0 bridgehead atoms. The predicted molar refractivity (Wildman–Crippen MR) is 61.0 cm³/mol. The number of aliphatic hydroxyl groups excluding tert-OH is 1. The van der Waals surface area contributed by atoms with Crippen LogP contribution in [0.3, 0.4) is 0 Å². The maximum atomic E-state index is 9.06. The van der Waals surface area contributed by atoms with Crippen molar-refractivity contribution in [3.63, 3.8) is 0 Å². The third-order valence-corrected chi connectivity index (χ3v) is 3.61. The van der Waals surface area contributed by atoms with Crippen molar-refractivity contribution in [1.82, 2.24) is 0 Å². The maximum Gasteiger partial charge on any atom is 0.0641 e. The molecule has 1 rings (SSSR count). The van der Waals surface area contributed by atoms with Gasteiger partial charge in [-0.25, -0.2) is 0 Å². The molecule has 1 nitrogen and oxygen atoms in total. The van der Waals surface area contributed by atoms with Crippen LogP contribution in [0.1, 0.15) is 33.1 Å². The topological polar surface area (TPSA) is 20.2 Å². The van der Waals surface area contributed by atoms with E-state index in [0.717, 1.165) is 17.9 Å².